The maximum Gasteiger partial charge on any atom is 0.244 e. The molecule has 2 N–H and O–H groups in total. The molecule has 0 bridgehead atoms. The van der Waals surface area contributed by atoms with E-state index >= 15 is 0 Å². The number of carbonyl (C=O) groups is 1. The third kappa shape index (κ3) is 6.49. The fourth-order valence-corrected chi connectivity index (χ4v) is 4.35. The third-order valence-corrected chi connectivity index (χ3v) is 6.09. The molecule has 2 aromatic rings. The van der Waals surface area contributed by atoms with E-state index in [9.17, 15) is 17.6 Å². The molecule has 0 aliphatic heterocycles. The van der Waals surface area contributed by atoms with E-state index < -0.39 is 32.7 Å². The summed E-state index contributed by atoms with van der Waals surface area (Å²) in [6.07, 6.45) is 2.13. The van der Waals surface area contributed by atoms with E-state index in [1.54, 1.807) is 24.3 Å². The van der Waals surface area contributed by atoms with Crippen LogP contribution in [-0.4, -0.2) is 32.4 Å². The molecule has 1 amide bonds. The SMILES string of the molecule is CSCCC(NS(=O)(=O)c1ccccc1F)C(=O)NCc1cccc(Cl)c1. The van der Waals surface area contributed by atoms with E-state index in [1.807, 2.05) is 6.26 Å². The van der Waals surface area contributed by atoms with Crippen LogP contribution in [-0.2, 0) is 21.4 Å². The van der Waals surface area contributed by atoms with Gasteiger partial charge in [-0.05, 0) is 48.3 Å². The van der Waals surface area contributed by atoms with Gasteiger partial charge in [0.25, 0.3) is 0 Å². The minimum absolute atomic E-state index is 0.205. The number of thioether (sulfide) groups is 1. The first-order valence-electron chi connectivity index (χ1n) is 8.11. The lowest BCUT2D eigenvalue weighted by molar-refractivity contribution is -0.122. The van der Waals surface area contributed by atoms with E-state index in [1.165, 1.54) is 23.9 Å². The molecule has 0 saturated heterocycles. The normalized spacial score (nSPS) is 12.6. The molecule has 0 aromatic heterocycles. The van der Waals surface area contributed by atoms with Crippen molar-refractivity contribution in [2.75, 3.05) is 12.0 Å². The van der Waals surface area contributed by atoms with Gasteiger partial charge in [0.1, 0.15) is 16.8 Å². The summed E-state index contributed by atoms with van der Waals surface area (Å²) in [4.78, 5) is 12.0. The molecule has 1 atom stereocenters. The average Bonchev–Trinajstić information content (AvgIpc) is 2.63. The molecule has 27 heavy (non-hydrogen) atoms. The van der Waals surface area contributed by atoms with Crippen molar-refractivity contribution in [3.05, 3.63) is 64.9 Å². The standard InChI is InChI=1S/C18H20ClFN2O3S2/c1-26-10-9-16(18(23)21-12-13-5-4-6-14(19)11-13)22-27(24,25)17-8-3-2-7-15(17)20/h2-8,11,16,22H,9-10,12H2,1H3,(H,21,23). The molecule has 0 aliphatic rings. The van der Waals surface area contributed by atoms with Gasteiger partial charge in [0.15, 0.2) is 0 Å². The van der Waals surface area contributed by atoms with Gasteiger partial charge in [-0.3, -0.25) is 4.79 Å². The second-order valence-electron chi connectivity index (χ2n) is 5.73. The van der Waals surface area contributed by atoms with Crippen molar-refractivity contribution >= 4 is 39.3 Å². The number of halogens is 2. The molecular weight excluding hydrogens is 411 g/mol. The first-order chi connectivity index (χ1) is 12.8. The highest BCUT2D eigenvalue weighted by Gasteiger charge is 2.27. The molecule has 5 nitrogen and oxygen atoms in total. The minimum Gasteiger partial charge on any atom is -0.351 e. The van der Waals surface area contributed by atoms with Crippen molar-refractivity contribution in [1.82, 2.24) is 10.0 Å². The van der Waals surface area contributed by atoms with Crippen molar-refractivity contribution in [2.45, 2.75) is 23.9 Å². The van der Waals surface area contributed by atoms with Gasteiger partial charge in [-0.2, -0.15) is 16.5 Å². The number of amides is 1. The zero-order chi connectivity index (χ0) is 19.9. The van der Waals surface area contributed by atoms with Gasteiger partial charge in [-0.25, -0.2) is 12.8 Å². The summed E-state index contributed by atoms with van der Waals surface area (Å²) in [7, 11) is -4.17. The first-order valence-corrected chi connectivity index (χ1v) is 11.4. The highest BCUT2D eigenvalue weighted by Crippen LogP contribution is 2.15. The third-order valence-electron chi connectivity index (χ3n) is 3.71. The number of benzene rings is 2. The van der Waals surface area contributed by atoms with Gasteiger partial charge >= 0.3 is 0 Å². The Labute approximate surface area is 167 Å². The van der Waals surface area contributed by atoms with Crippen LogP contribution in [0.5, 0.6) is 0 Å². The van der Waals surface area contributed by atoms with Crippen LogP contribution >= 0.6 is 23.4 Å². The summed E-state index contributed by atoms with van der Waals surface area (Å²) in [6, 6.07) is 11.0. The molecule has 146 valence electrons. The maximum atomic E-state index is 13.9. The molecule has 0 aliphatic carbocycles. The summed E-state index contributed by atoms with van der Waals surface area (Å²) in [5.74, 6) is -0.786. The van der Waals surface area contributed by atoms with Gasteiger partial charge in [-0.1, -0.05) is 35.9 Å². The zero-order valence-electron chi connectivity index (χ0n) is 14.6. The predicted octanol–water partition coefficient (Wildman–Crippen LogP) is 3.20. The van der Waals surface area contributed by atoms with Gasteiger partial charge in [0.05, 0.1) is 0 Å². The summed E-state index contributed by atoms with van der Waals surface area (Å²) in [5.41, 5.74) is 0.788. The topological polar surface area (TPSA) is 75.3 Å². The lowest BCUT2D eigenvalue weighted by Gasteiger charge is -2.18. The predicted molar refractivity (Wildman–Crippen MR) is 107 cm³/mol. The van der Waals surface area contributed by atoms with Crippen molar-refractivity contribution in [3.8, 4) is 0 Å². The highest BCUT2D eigenvalue weighted by molar-refractivity contribution is 7.98. The van der Waals surface area contributed by atoms with E-state index in [0.717, 1.165) is 17.7 Å². The Hall–Kier alpha value is -1.61. The van der Waals surface area contributed by atoms with Crippen LogP contribution in [0.3, 0.4) is 0 Å². The number of carbonyl (C=O) groups excluding carboxylic acids is 1. The van der Waals surface area contributed by atoms with Crippen LogP contribution in [0.2, 0.25) is 5.02 Å². The Morgan fingerprint density at radius 1 is 1.22 bits per heavy atom. The summed E-state index contributed by atoms with van der Waals surface area (Å²) < 4.78 is 41.2. The fourth-order valence-electron chi connectivity index (χ4n) is 2.35. The highest BCUT2D eigenvalue weighted by atomic mass is 35.5. The van der Waals surface area contributed by atoms with Gasteiger partial charge < -0.3 is 5.32 Å². The summed E-state index contributed by atoms with van der Waals surface area (Å²) in [6.45, 7) is 0.205. The lowest BCUT2D eigenvalue weighted by atomic mass is 10.2. The van der Waals surface area contributed by atoms with Crippen molar-refractivity contribution in [2.24, 2.45) is 0 Å². The van der Waals surface area contributed by atoms with Crippen LogP contribution in [0, 0.1) is 5.82 Å². The summed E-state index contributed by atoms with van der Waals surface area (Å²) >= 11 is 7.40. The van der Waals surface area contributed by atoms with Crippen LogP contribution in [0.1, 0.15) is 12.0 Å². The molecule has 9 heteroatoms. The molecule has 2 aromatic carbocycles. The molecular formula is C18H20ClFN2O3S2. The van der Waals surface area contributed by atoms with Crippen molar-refractivity contribution in [3.63, 3.8) is 0 Å². The van der Waals surface area contributed by atoms with Gasteiger partial charge in [-0.15, -0.1) is 0 Å². The monoisotopic (exact) mass is 430 g/mol. The Kier molecular flexibility index (Phi) is 8.09. The van der Waals surface area contributed by atoms with E-state index in [-0.39, 0.29) is 13.0 Å². The largest absolute Gasteiger partial charge is 0.351 e. The number of hydrogen-bond acceptors (Lipinski definition) is 4. The van der Waals surface area contributed by atoms with Crippen molar-refractivity contribution < 1.29 is 17.6 Å². The lowest BCUT2D eigenvalue weighted by Crippen LogP contribution is -2.46. The molecule has 0 radical (unpaired) electrons. The molecule has 0 fully saturated rings. The fraction of sp³-hybridized carbons (Fsp3) is 0.278. The Bertz CT molecular complexity index is 894. The van der Waals surface area contributed by atoms with Crippen LogP contribution in [0.25, 0.3) is 0 Å². The number of hydrogen-bond donors (Lipinski definition) is 2. The Balaban J connectivity index is 2.11. The molecule has 1 unspecified atom stereocenters. The average molecular weight is 431 g/mol. The van der Waals surface area contributed by atoms with Crippen LogP contribution in [0.4, 0.5) is 4.39 Å². The molecule has 2 rings (SSSR count). The number of rotatable bonds is 9. The van der Waals surface area contributed by atoms with E-state index in [0.29, 0.717) is 10.8 Å². The molecule has 0 spiro atoms. The van der Waals surface area contributed by atoms with E-state index in [4.69, 9.17) is 11.6 Å². The van der Waals surface area contributed by atoms with Crippen molar-refractivity contribution in [1.29, 1.82) is 0 Å². The number of nitrogens with one attached hydrogen (secondary N) is 2. The van der Waals surface area contributed by atoms with Crippen LogP contribution < -0.4 is 10.0 Å². The second kappa shape index (κ2) is 10.1. The number of sulfonamides is 1. The maximum absolute atomic E-state index is 13.9. The van der Waals surface area contributed by atoms with Crippen LogP contribution in [0.15, 0.2) is 53.4 Å². The smallest absolute Gasteiger partial charge is 0.244 e. The van der Waals surface area contributed by atoms with E-state index in [2.05, 4.69) is 10.0 Å². The second-order valence-corrected chi connectivity index (χ2v) is 8.84. The Morgan fingerprint density at radius 2 is 1.96 bits per heavy atom. The molecule has 0 heterocycles. The summed E-state index contributed by atoms with van der Waals surface area (Å²) in [5, 5.41) is 3.24. The van der Waals surface area contributed by atoms with Gasteiger partial charge in [0, 0.05) is 11.6 Å². The zero-order valence-corrected chi connectivity index (χ0v) is 17.0. The Morgan fingerprint density at radius 3 is 2.63 bits per heavy atom. The first kappa shape index (κ1) is 21.7. The minimum atomic E-state index is -4.17. The molecule has 0 saturated carbocycles. The quantitative estimate of drug-likeness (QED) is 0.640. The van der Waals surface area contributed by atoms with Gasteiger partial charge in [0.2, 0.25) is 15.9 Å².